The summed E-state index contributed by atoms with van der Waals surface area (Å²) in [6.07, 6.45) is 1.24. The molecule has 0 aliphatic carbocycles. The number of thiophene rings is 1. The molecule has 6 heteroatoms. The van der Waals surface area contributed by atoms with Crippen molar-refractivity contribution in [2.24, 2.45) is 7.05 Å². The SMILES string of the molecule is Cn1ccc2cc([C@@H](O)CNC(=O)Nc3cccs3)ccc21. The van der Waals surface area contributed by atoms with Gasteiger partial charge in [-0.2, -0.15) is 0 Å². The lowest BCUT2D eigenvalue weighted by atomic mass is 10.1. The molecular formula is C16H17N3O2S. The Balaban J connectivity index is 1.60. The molecule has 2 aromatic heterocycles. The number of nitrogens with zero attached hydrogens (tertiary/aromatic N) is 1. The minimum absolute atomic E-state index is 0.162. The van der Waals surface area contributed by atoms with Gasteiger partial charge in [0, 0.05) is 25.3 Å². The van der Waals surface area contributed by atoms with Crippen LogP contribution in [-0.2, 0) is 7.05 Å². The molecule has 0 spiro atoms. The summed E-state index contributed by atoms with van der Waals surface area (Å²) >= 11 is 1.45. The van der Waals surface area contributed by atoms with Crippen molar-refractivity contribution in [3.8, 4) is 0 Å². The molecule has 5 nitrogen and oxygen atoms in total. The van der Waals surface area contributed by atoms with Gasteiger partial charge in [0.1, 0.15) is 0 Å². The van der Waals surface area contributed by atoms with Crippen LogP contribution in [-0.4, -0.2) is 22.2 Å². The van der Waals surface area contributed by atoms with Crippen LogP contribution in [0.5, 0.6) is 0 Å². The third kappa shape index (κ3) is 3.13. The van der Waals surface area contributed by atoms with Crippen molar-refractivity contribution in [3.05, 3.63) is 53.5 Å². The number of benzene rings is 1. The van der Waals surface area contributed by atoms with Crippen LogP contribution in [0.2, 0.25) is 0 Å². The van der Waals surface area contributed by atoms with Crippen LogP contribution in [0.1, 0.15) is 11.7 Å². The summed E-state index contributed by atoms with van der Waals surface area (Å²) in [6, 6.07) is 11.2. The zero-order valence-corrected chi connectivity index (χ0v) is 12.9. The highest BCUT2D eigenvalue weighted by Crippen LogP contribution is 2.21. The maximum atomic E-state index is 11.7. The topological polar surface area (TPSA) is 66.3 Å². The van der Waals surface area contributed by atoms with E-state index in [2.05, 4.69) is 10.6 Å². The van der Waals surface area contributed by atoms with Gasteiger partial charge in [0.15, 0.2) is 0 Å². The fourth-order valence-corrected chi connectivity index (χ4v) is 2.93. The molecule has 3 N–H and O–H groups in total. The molecular weight excluding hydrogens is 298 g/mol. The minimum atomic E-state index is -0.737. The predicted molar refractivity (Wildman–Crippen MR) is 89.2 cm³/mol. The van der Waals surface area contributed by atoms with E-state index in [0.717, 1.165) is 21.5 Å². The van der Waals surface area contributed by atoms with Crippen LogP contribution in [0.15, 0.2) is 48.0 Å². The Morgan fingerprint density at radius 2 is 2.23 bits per heavy atom. The molecule has 0 aliphatic rings. The van der Waals surface area contributed by atoms with Gasteiger partial charge >= 0.3 is 6.03 Å². The van der Waals surface area contributed by atoms with Gasteiger partial charge in [-0.15, -0.1) is 11.3 Å². The van der Waals surface area contributed by atoms with E-state index in [-0.39, 0.29) is 12.6 Å². The van der Waals surface area contributed by atoms with Crippen LogP contribution < -0.4 is 10.6 Å². The molecule has 114 valence electrons. The molecule has 0 bridgehead atoms. The number of carbonyl (C=O) groups is 1. The molecule has 0 aliphatic heterocycles. The van der Waals surface area contributed by atoms with Crippen molar-refractivity contribution in [1.82, 2.24) is 9.88 Å². The number of nitrogens with one attached hydrogen (secondary N) is 2. The smallest absolute Gasteiger partial charge is 0.319 e. The molecule has 0 saturated heterocycles. The number of rotatable bonds is 4. The molecule has 0 unspecified atom stereocenters. The Morgan fingerprint density at radius 3 is 3.00 bits per heavy atom. The quantitative estimate of drug-likeness (QED) is 0.692. The van der Waals surface area contributed by atoms with Crippen LogP contribution in [0, 0.1) is 0 Å². The monoisotopic (exact) mass is 315 g/mol. The first-order valence-corrected chi connectivity index (χ1v) is 7.83. The van der Waals surface area contributed by atoms with E-state index in [4.69, 9.17) is 0 Å². The van der Waals surface area contributed by atoms with Gasteiger partial charge in [-0.1, -0.05) is 6.07 Å². The summed E-state index contributed by atoms with van der Waals surface area (Å²) < 4.78 is 2.03. The number of amides is 2. The number of aliphatic hydroxyl groups is 1. The lowest BCUT2D eigenvalue weighted by molar-refractivity contribution is 0.175. The first-order chi connectivity index (χ1) is 10.6. The second-order valence-corrected chi connectivity index (χ2v) is 6.02. The van der Waals surface area contributed by atoms with E-state index in [1.807, 2.05) is 59.6 Å². The number of fused-ring (bicyclic) bond motifs is 1. The first kappa shape index (κ1) is 14.6. The molecule has 2 heterocycles. The molecule has 1 aromatic carbocycles. The largest absolute Gasteiger partial charge is 0.387 e. The summed E-state index contributed by atoms with van der Waals surface area (Å²) in [6.45, 7) is 0.162. The number of hydrogen-bond acceptors (Lipinski definition) is 3. The fraction of sp³-hybridized carbons (Fsp3) is 0.188. The van der Waals surface area contributed by atoms with Crippen LogP contribution in [0.25, 0.3) is 10.9 Å². The molecule has 2 amide bonds. The van der Waals surface area contributed by atoms with E-state index in [1.54, 1.807) is 0 Å². The first-order valence-electron chi connectivity index (χ1n) is 6.95. The van der Waals surface area contributed by atoms with Gasteiger partial charge in [-0.25, -0.2) is 4.79 Å². The number of hydrogen-bond donors (Lipinski definition) is 3. The standard InChI is InChI=1S/C16H17N3O2S/c1-19-7-6-11-9-12(4-5-13(11)19)14(20)10-17-16(21)18-15-3-2-8-22-15/h2-9,14,20H,10H2,1H3,(H2,17,18,21)/t14-/m0/s1. The fourth-order valence-electron chi connectivity index (χ4n) is 2.32. The van der Waals surface area contributed by atoms with Crippen LogP contribution >= 0.6 is 11.3 Å². The average Bonchev–Trinajstić information content (AvgIpc) is 3.15. The van der Waals surface area contributed by atoms with Crippen molar-refractivity contribution >= 4 is 33.3 Å². The van der Waals surface area contributed by atoms with Gasteiger partial charge in [-0.05, 0) is 46.7 Å². The van der Waals surface area contributed by atoms with Crippen LogP contribution in [0.4, 0.5) is 9.80 Å². The summed E-state index contributed by atoms with van der Waals surface area (Å²) in [5.41, 5.74) is 1.90. The van der Waals surface area contributed by atoms with Crippen molar-refractivity contribution in [2.45, 2.75) is 6.10 Å². The summed E-state index contributed by atoms with van der Waals surface area (Å²) in [4.78, 5) is 11.7. The number of carbonyl (C=O) groups excluding carboxylic acids is 1. The van der Waals surface area contributed by atoms with E-state index in [0.29, 0.717) is 0 Å². The van der Waals surface area contributed by atoms with Gasteiger partial charge in [-0.3, -0.25) is 5.32 Å². The highest BCUT2D eigenvalue weighted by molar-refractivity contribution is 7.14. The molecule has 0 fully saturated rings. The van der Waals surface area contributed by atoms with Gasteiger partial charge in [0.05, 0.1) is 11.1 Å². The maximum absolute atomic E-state index is 11.7. The van der Waals surface area contributed by atoms with E-state index < -0.39 is 6.10 Å². The summed E-state index contributed by atoms with van der Waals surface area (Å²) in [5, 5.41) is 19.3. The highest BCUT2D eigenvalue weighted by atomic mass is 32.1. The zero-order chi connectivity index (χ0) is 15.5. The predicted octanol–water partition coefficient (Wildman–Crippen LogP) is 3.09. The second-order valence-electron chi connectivity index (χ2n) is 5.07. The number of aromatic nitrogens is 1. The Bertz CT molecular complexity index is 780. The molecule has 1 atom stereocenters. The van der Waals surface area contributed by atoms with Crippen molar-refractivity contribution in [2.75, 3.05) is 11.9 Å². The minimum Gasteiger partial charge on any atom is -0.387 e. The molecule has 22 heavy (non-hydrogen) atoms. The highest BCUT2D eigenvalue weighted by Gasteiger charge is 2.11. The van der Waals surface area contributed by atoms with Crippen molar-refractivity contribution in [3.63, 3.8) is 0 Å². The summed E-state index contributed by atoms with van der Waals surface area (Å²) in [7, 11) is 1.98. The lowest BCUT2D eigenvalue weighted by Crippen LogP contribution is -2.32. The molecule has 3 rings (SSSR count). The van der Waals surface area contributed by atoms with E-state index >= 15 is 0 Å². The number of urea groups is 1. The second kappa shape index (κ2) is 6.21. The summed E-state index contributed by atoms with van der Waals surface area (Å²) in [5.74, 6) is 0. The Morgan fingerprint density at radius 1 is 1.36 bits per heavy atom. The average molecular weight is 315 g/mol. The number of aryl methyl sites for hydroxylation is 1. The molecule has 0 radical (unpaired) electrons. The van der Waals surface area contributed by atoms with E-state index in [1.165, 1.54) is 11.3 Å². The van der Waals surface area contributed by atoms with E-state index in [9.17, 15) is 9.90 Å². The number of aliphatic hydroxyl groups excluding tert-OH is 1. The maximum Gasteiger partial charge on any atom is 0.319 e. The number of anilines is 1. The van der Waals surface area contributed by atoms with Crippen molar-refractivity contribution < 1.29 is 9.90 Å². The third-order valence-electron chi connectivity index (χ3n) is 3.51. The van der Waals surface area contributed by atoms with Gasteiger partial charge in [0.2, 0.25) is 0 Å². The van der Waals surface area contributed by atoms with Crippen LogP contribution in [0.3, 0.4) is 0 Å². The Kier molecular flexibility index (Phi) is 4.13. The van der Waals surface area contributed by atoms with Gasteiger partial charge in [0.25, 0.3) is 0 Å². The Labute approximate surface area is 132 Å². The lowest BCUT2D eigenvalue weighted by Gasteiger charge is -2.13. The van der Waals surface area contributed by atoms with Crippen molar-refractivity contribution in [1.29, 1.82) is 0 Å². The molecule has 3 aromatic rings. The normalized spacial score (nSPS) is 12.3. The molecule has 0 saturated carbocycles. The third-order valence-corrected chi connectivity index (χ3v) is 4.29. The van der Waals surface area contributed by atoms with Gasteiger partial charge < -0.3 is 15.0 Å². The zero-order valence-electron chi connectivity index (χ0n) is 12.1. The Hall–Kier alpha value is -2.31.